The van der Waals surface area contributed by atoms with E-state index in [0.717, 1.165) is 0 Å². The van der Waals surface area contributed by atoms with Crippen molar-refractivity contribution in [2.24, 2.45) is 0 Å². The molecule has 0 aromatic rings. The molecule has 0 rings (SSSR count). The number of rotatable bonds is 13. The highest BCUT2D eigenvalue weighted by Crippen LogP contribution is 2.31. The molecule has 0 N–H and O–H groups in total. The van der Waals surface area contributed by atoms with Gasteiger partial charge in [-0.2, -0.15) is 0 Å². The van der Waals surface area contributed by atoms with Gasteiger partial charge in [0.25, 0.3) is 0 Å². The first-order valence-corrected chi connectivity index (χ1v) is 22.1. The van der Waals surface area contributed by atoms with Crippen LogP contribution < -0.4 is 0 Å². The molecule has 6 radical (unpaired) electrons. The number of carbonyl (C=O) groups excluding carboxylic acids is 1. The van der Waals surface area contributed by atoms with E-state index in [0.29, 0.717) is 18.6 Å². The minimum absolute atomic E-state index is 0.240. The lowest BCUT2D eigenvalue weighted by molar-refractivity contribution is -0.139. The van der Waals surface area contributed by atoms with Crippen LogP contribution in [-0.4, -0.2) is 66.8 Å². The third-order valence-electron chi connectivity index (χ3n) is 2.65. The predicted octanol–water partition coefficient (Wildman–Crippen LogP) is 3.98. The van der Waals surface area contributed by atoms with E-state index < -0.39 is 25.0 Å². The van der Waals surface area contributed by atoms with E-state index in [1.807, 2.05) is 0 Å². The predicted molar refractivity (Wildman–Crippen MR) is 124 cm³/mol. The minimum atomic E-state index is -1.68. The van der Waals surface area contributed by atoms with Gasteiger partial charge in [0, 0.05) is 9.86 Å². The van der Waals surface area contributed by atoms with Crippen molar-refractivity contribution in [2.75, 3.05) is 6.61 Å². The van der Waals surface area contributed by atoms with Crippen molar-refractivity contribution in [1.29, 1.82) is 0 Å². The van der Waals surface area contributed by atoms with Crippen LogP contribution in [0.1, 0.15) is 13.3 Å². The van der Waals surface area contributed by atoms with Crippen LogP contribution in [-0.2, 0) is 21.9 Å². The molecule has 0 fully saturated rings. The van der Waals surface area contributed by atoms with Crippen molar-refractivity contribution in [3.05, 3.63) is 12.2 Å². The summed E-state index contributed by atoms with van der Waals surface area (Å²) >= 11 is 0. The molecule has 0 saturated heterocycles. The molecule has 0 heterocycles. The van der Waals surface area contributed by atoms with Crippen molar-refractivity contribution in [1.82, 2.24) is 0 Å². The fraction of sp³-hybridized carbons (Fsp3) is 0.812. The topological polar surface area (TPSA) is 54.0 Å². The lowest BCUT2D eigenvalue weighted by Gasteiger charge is -2.35. The van der Waals surface area contributed by atoms with E-state index in [4.69, 9.17) is 17.1 Å². The number of ether oxygens (including phenoxy) is 1. The highest BCUT2D eigenvalue weighted by Gasteiger charge is 2.41. The van der Waals surface area contributed by atoms with Gasteiger partial charge < -0.3 is 17.1 Å². The Morgan fingerprint density at radius 1 is 0.815 bits per heavy atom. The maximum Gasteiger partial charge on any atom is 0.333 e. The van der Waals surface area contributed by atoms with Crippen LogP contribution in [0.15, 0.2) is 12.2 Å². The van der Waals surface area contributed by atoms with Crippen LogP contribution in [0.4, 0.5) is 0 Å². The Hall–Kier alpha value is 0.391. The summed E-state index contributed by atoms with van der Waals surface area (Å²) in [7, 11) is -4.21. The quantitative estimate of drug-likeness (QED) is 0.229. The fourth-order valence-electron chi connectivity index (χ4n) is 1.36. The zero-order valence-electron chi connectivity index (χ0n) is 18.7. The fourth-order valence-corrected chi connectivity index (χ4v) is 11.0. The highest BCUT2D eigenvalue weighted by atomic mass is 28.4. The number of hydrogen-bond donors (Lipinski definition) is 0. The van der Waals surface area contributed by atoms with Gasteiger partial charge in [-0.3, -0.25) is 0 Å². The van der Waals surface area contributed by atoms with E-state index in [1.165, 1.54) is 0 Å². The zero-order valence-corrected chi connectivity index (χ0v) is 24.7. The summed E-state index contributed by atoms with van der Waals surface area (Å²) in [5.41, 5.74) is 0.419. The van der Waals surface area contributed by atoms with E-state index >= 15 is 0 Å². The SMILES string of the molecule is C=C(C)C(=O)OCCC([Si]O[Si](C)(C)C)([Si]O[Si](C)(C)C)[Si]O[Si](C)(C)C. The van der Waals surface area contributed by atoms with Crippen molar-refractivity contribution >= 4 is 60.2 Å². The monoisotopic (exact) mass is 476 g/mol. The van der Waals surface area contributed by atoms with Crippen LogP contribution in [0.25, 0.3) is 0 Å². The van der Waals surface area contributed by atoms with Gasteiger partial charge in [-0.1, -0.05) is 6.58 Å². The molecule has 0 amide bonds. The summed E-state index contributed by atoms with van der Waals surface area (Å²) in [6.45, 7) is 25.4. The molecule has 0 unspecified atom stereocenters. The molecule has 0 aromatic carbocycles. The Kier molecular flexibility index (Phi) is 11.1. The second-order valence-corrected chi connectivity index (χ2v) is 29.3. The van der Waals surface area contributed by atoms with Gasteiger partial charge in [0.2, 0.25) is 29.3 Å². The molecule has 0 aliphatic heterocycles. The van der Waals surface area contributed by atoms with Crippen LogP contribution in [0.2, 0.25) is 63.2 Å². The molecular formula is C16H36O5Si6. The third kappa shape index (κ3) is 15.0. The van der Waals surface area contributed by atoms with E-state index in [-0.39, 0.29) is 39.5 Å². The number of esters is 1. The molecule has 154 valence electrons. The van der Waals surface area contributed by atoms with Crippen LogP contribution in [0, 0.1) is 0 Å². The number of carbonyl (C=O) groups is 1. The normalized spacial score (nSPS) is 13.6. The molecule has 0 spiro atoms. The van der Waals surface area contributed by atoms with Gasteiger partial charge in [0.05, 0.1) is 6.61 Å². The second kappa shape index (κ2) is 11.0. The second-order valence-electron chi connectivity index (χ2n) is 9.52. The van der Waals surface area contributed by atoms with Crippen LogP contribution >= 0.6 is 0 Å². The van der Waals surface area contributed by atoms with Crippen LogP contribution in [0.5, 0.6) is 0 Å². The summed E-state index contributed by atoms with van der Waals surface area (Å²) in [6, 6.07) is 0. The lowest BCUT2D eigenvalue weighted by atomic mass is 10.4. The first-order valence-electron chi connectivity index (χ1n) is 9.13. The average Bonchev–Trinajstić information content (AvgIpc) is 2.45. The van der Waals surface area contributed by atoms with Gasteiger partial charge in [-0.15, -0.1) is 0 Å². The minimum Gasteiger partial charge on any atom is -0.462 e. The molecule has 11 heteroatoms. The molecule has 0 aromatic heterocycles. The zero-order chi connectivity index (χ0) is 21.5. The molecular weight excluding hydrogens is 441 g/mol. The Morgan fingerprint density at radius 3 is 1.41 bits per heavy atom. The first kappa shape index (κ1) is 27.4. The van der Waals surface area contributed by atoms with Gasteiger partial charge in [-0.25, -0.2) is 4.79 Å². The maximum absolute atomic E-state index is 11.8. The maximum atomic E-state index is 11.8. The summed E-state index contributed by atoms with van der Waals surface area (Å²) in [4.78, 5) is 11.8. The van der Waals surface area contributed by atoms with Crippen molar-refractivity contribution in [3.8, 4) is 0 Å². The van der Waals surface area contributed by atoms with Crippen molar-refractivity contribution in [2.45, 2.75) is 76.6 Å². The van der Waals surface area contributed by atoms with Gasteiger partial charge in [0.1, 0.15) is 0 Å². The summed E-state index contributed by atoms with van der Waals surface area (Å²) in [5.74, 6) is -0.345. The number of hydrogen-bond acceptors (Lipinski definition) is 5. The smallest absolute Gasteiger partial charge is 0.333 e. The van der Waals surface area contributed by atoms with Crippen molar-refractivity contribution in [3.63, 3.8) is 0 Å². The molecule has 5 nitrogen and oxygen atoms in total. The third-order valence-corrected chi connectivity index (χ3v) is 14.9. The molecule has 0 aliphatic carbocycles. The van der Waals surface area contributed by atoms with E-state index in [2.05, 4.69) is 65.5 Å². The van der Waals surface area contributed by atoms with Gasteiger partial charge in [-0.05, 0) is 72.3 Å². The highest BCUT2D eigenvalue weighted by molar-refractivity contribution is 6.86. The first-order chi connectivity index (χ1) is 11.9. The average molecular weight is 477 g/mol. The Labute approximate surface area is 177 Å². The van der Waals surface area contributed by atoms with E-state index in [1.54, 1.807) is 6.92 Å². The molecule has 0 bridgehead atoms. The Balaban J connectivity index is 5.38. The molecule has 0 saturated carbocycles. The van der Waals surface area contributed by atoms with Crippen molar-refractivity contribution < 1.29 is 21.9 Å². The summed E-state index contributed by atoms with van der Waals surface area (Å²) < 4.78 is 24.1. The largest absolute Gasteiger partial charge is 0.462 e. The summed E-state index contributed by atoms with van der Waals surface area (Å²) in [6.07, 6.45) is 0.681. The molecule has 0 aliphatic rings. The molecule has 27 heavy (non-hydrogen) atoms. The standard InChI is InChI=1S/C16H36O5Si6/c1-14(2)15(17)18-13-12-16(22-19-25(3,4)5,23-20-26(6,7)8)24-21-27(9,10)11/h1,12-13H2,2-11H3. The van der Waals surface area contributed by atoms with E-state index in [9.17, 15) is 4.79 Å². The summed E-state index contributed by atoms with van der Waals surface area (Å²) in [5, 5.41) is 0. The van der Waals surface area contributed by atoms with Crippen LogP contribution in [0.3, 0.4) is 0 Å². The Bertz CT molecular complexity index is 447. The Morgan fingerprint density at radius 2 is 1.15 bits per heavy atom. The van der Waals surface area contributed by atoms with Gasteiger partial charge >= 0.3 is 5.97 Å². The molecule has 0 atom stereocenters. The van der Waals surface area contributed by atoms with Gasteiger partial charge in [0.15, 0.2) is 25.0 Å². The lowest BCUT2D eigenvalue weighted by Crippen LogP contribution is -2.47.